The van der Waals surface area contributed by atoms with E-state index in [1.54, 1.807) is 24.1 Å². The third-order valence-corrected chi connectivity index (χ3v) is 8.40. The summed E-state index contributed by atoms with van der Waals surface area (Å²) in [6.07, 6.45) is 3.08. The highest BCUT2D eigenvalue weighted by atomic mass is 16.5. The van der Waals surface area contributed by atoms with Crippen LogP contribution in [0.15, 0.2) is 65.7 Å². The zero-order chi connectivity index (χ0) is 28.4. The molecule has 2 unspecified atom stereocenters. The maximum absolute atomic E-state index is 13.2. The summed E-state index contributed by atoms with van der Waals surface area (Å²) in [7, 11) is 1.59. The minimum Gasteiger partial charge on any atom is -0.481 e. The number of aliphatic hydroxyl groups excluding tert-OH is 1. The van der Waals surface area contributed by atoms with E-state index in [-0.39, 0.29) is 11.6 Å². The first-order valence-corrected chi connectivity index (χ1v) is 13.5. The van der Waals surface area contributed by atoms with E-state index in [0.717, 1.165) is 38.7 Å². The molecule has 3 atom stereocenters. The monoisotopic (exact) mass is 549 g/mol. The Balaban J connectivity index is 1.27. The van der Waals surface area contributed by atoms with Crippen molar-refractivity contribution in [2.45, 2.75) is 37.8 Å². The Morgan fingerprint density at radius 1 is 1.00 bits per heavy atom. The van der Waals surface area contributed by atoms with E-state index in [9.17, 15) is 19.5 Å². The lowest BCUT2D eigenvalue weighted by molar-refractivity contribution is -0.137. The Morgan fingerprint density at radius 2 is 1.80 bits per heavy atom. The molecule has 2 aromatic carbocycles. The fraction of sp³-hybridized carbons (Fsp3) is 0.258. The van der Waals surface area contributed by atoms with E-state index in [4.69, 9.17) is 4.74 Å². The largest absolute Gasteiger partial charge is 0.481 e. The average molecular weight is 550 g/mol. The van der Waals surface area contributed by atoms with Crippen molar-refractivity contribution in [3.05, 3.63) is 82.5 Å². The quantitative estimate of drug-likeness (QED) is 0.329. The summed E-state index contributed by atoms with van der Waals surface area (Å²) < 4.78 is 6.96. The first-order chi connectivity index (χ1) is 19.8. The fourth-order valence-electron chi connectivity index (χ4n) is 6.30. The number of rotatable bonds is 4. The number of nitrogens with one attached hydrogen (secondary N) is 1. The van der Waals surface area contributed by atoms with Crippen LogP contribution in [0.4, 0.5) is 0 Å². The van der Waals surface area contributed by atoms with Gasteiger partial charge in [-0.1, -0.05) is 18.2 Å². The smallest absolute Gasteiger partial charge is 0.331 e. The maximum atomic E-state index is 13.2. The Bertz CT molecular complexity index is 1930. The van der Waals surface area contributed by atoms with Gasteiger partial charge in [0.05, 0.1) is 41.6 Å². The molecule has 1 amide bonds. The summed E-state index contributed by atoms with van der Waals surface area (Å²) >= 11 is 0. The Hall–Kier alpha value is -4.83. The highest BCUT2D eigenvalue weighted by Crippen LogP contribution is 2.36. The Morgan fingerprint density at radius 3 is 2.56 bits per heavy atom. The van der Waals surface area contributed by atoms with Crippen LogP contribution >= 0.6 is 0 Å². The van der Waals surface area contributed by atoms with Gasteiger partial charge in [-0.25, -0.2) is 9.78 Å². The third-order valence-electron chi connectivity index (χ3n) is 8.40. The number of hydrogen-bond acceptors (Lipinski definition) is 7. The topological polar surface area (TPSA) is 130 Å². The number of pyridine rings is 2. The summed E-state index contributed by atoms with van der Waals surface area (Å²) in [5.41, 5.74) is 6.36. The lowest BCUT2D eigenvalue weighted by Crippen LogP contribution is -2.42. The number of carbonyl (C=O) groups is 2. The van der Waals surface area contributed by atoms with Crippen LogP contribution in [0.3, 0.4) is 0 Å². The molecule has 2 N–H and O–H groups in total. The van der Waals surface area contributed by atoms with Crippen molar-refractivity contribution in [2.75, 3.05) is 13.7 Å². The summed E-state index contributed by atoms with van der Waals surface area (Å²) in [5, 5.41) is 10.7. The number of methoxy groups -OCH3 is 1. The number of aromatic amines is 1. The molecule has 0 aliphatic carbocycles. The van der Waals surface area contributed by atoms with Crippen LogP contribution in [0.2, 0.25) is 0 Å². The van der Waals surface area contributed by atoms with Crippen molar-refractivity contribution in [3.63, 3.8) is 0 Å². The van der Waals surface area contributed by atoms with Crippen molar-refractivity contribution in [3.8, 4) is 22.7 Å². The van der Waals surface area contributed by atoms with Crippen molar-refractivity contribution in [2.24, 2.45) is 0 Å². The molecule has 0 saturated carbocycles. The first-order valence-electron chi connectivity index (χ1n) is 13.5. The number of aryl methyl sites for hydroxylation is 1. The third kappa shape index (κ3) is 3.93. The van der Waals surface area contributed by atoms with E-state index in [1.807, 2.05) is 55.5 Å². The van der Waals surface area contributed by atoms with Crippen molar-refractivity contribution < 1.29 is 19.4 Å². The van der Waals surface area contributed by atoms with E-state index in [0.29, 0.717) is 36.5 Å². The van der Waals surface area contributed by atoms with E-state index in [1.165, 1.54) is 4.90 Å². The van der Waals surface area contributed by atoms with Gasteiger partial charge in [-0.05, 0) is 67.1 Å². The molecular weight excluding hydrogens is 522 g/mol. The van der Waals surface area contributed by atoms with Crippen LogP contribution in [0.1, 0.15) is 29.9 Å². The average Bonchev–Trinajstić information content (AvgIpc) is 3.45. The highest BCUT2D eigenvalue weighted by molar-refractivity contribution is 6.13. The van der Waals surface area contributed by atoms with Crippen molar-refractivity contribution in [1.29, 1.82) is 0 Å². The molecule has 206 valence electrons. The van der Waals surface area contributed by atoms with Gasteiger partial charge in [-0.15, -0.1) is 0 Å². The molecule has 2 saturated heterocycles. The number of ether oxygens (including phenoxy) is 1. The van der Waals surface area contributed by atoms with Crippen molar-refractivity contribution in [1.82, 2.24) is 24.4 Å². The number of ketones is 1. The molecule has 3 aromatic heterocycles. The molecule has 10 nitrogen and oxygen atoms in total. The maximum Gasteiger partial charge on any atom is 0.331 e. The Labute approximate surface area is 234 Å². The normalized spacial score (nSPS) is 20.7. The lowest BCUT2D eigenvalue weighted by Gasteiger charge is -2.33. The minimum atomic E-state index is -1.54. The first kappa shape index (κ1) is 25.2. The fourth-order valence-corrected chi connectivity index (χ4v) is 6.30. The molecule has 10 heteroatoms. The standard InChI is InChI=1S/C31H27N5O5/c1-16-11-20(14-33-29(16)41-2)18-5-8-23-22(12-18)26-24(15-32-23)34-31(40)36(26)21-6-3-17(4-7-21)19-9-10-35-25(13-19)27(37)28(38)30(35)39/h3-8,11-12,14-15,19,25,28,38H,9-10,13H2,1-2H3,(H,34,40)/t19?,25?,28-/m0/s1. The summed E-state index contributed by atoms with van der Waals surface area (Å²) in [5.74, 6) is -0.257. The van der Waals surface area contributed by atoms with Crippen LogP contribution in [0.5, 0.6) is 5.88 Å². The van der Waals surface area contributed by atoms with Gasteiger partial charge < -0.3 is 19.7 Å². The number of H-pyrrole nitrogens is 1. The molecule has 5 aromatic rings. The lowest BCUT2D eigenvalue weighted by atomic mass is 9.85. The molecule has 5 heterocycles. The number of amides is 1. The minimum absolute atomic E-state index is 0.0705. The number of aliphatic hydroxyl groups is 1. The molecule has 2 fully saturated rings. The van der Waals surface area contributed by atoms with E-state index >= 15 is 0 Å². The molecule has 0 spiro atoms. The van der Waals surface area contributed by atoms with Crippen molar-refractivity contribution >= 4 is 33.6 Å². The van der Waals surface area contributed by atoms with Gasteiger partial charge in [-0.3, -0.25) is 19.1 Å². The van der Waals surface area contributed by atoms with Gasteiger partial charge >= 0.3 is 5.69 Å². The second kappa shape index (κ2) is 9.38. The number of imidazole rings is 1. The van der Waals surface area contributed by atoms with Gasteiger partial charge in [0.1, 0.15) is 0 Å². The zero-order valence-electron chi connectivity index (χ0n) is 22.5. The van der Waals surface area contributed by atoms with Crippen LogP contribution in [-0.2, 0) is 9.59 Å². The molecule has 0 bridgehead atoms. The van der Waals surface area contributed by atoms with E-state index in [2.05, 4.69) is 15.0 Å². The van der Waals surface area contributed by atoms with Crippen LogP contribution < -0.4 is 10.4 Å². The number of fused-ring (bicyclic) bond motifs is 4. The molecular formula is C31H27N5O5. The van der Waals surface area contributed by atoms with Gasteiger partial charge in [0.2, 0.25) is 5.88 Å². The number of aromatic nitrogens is 4. The molecule has 2 aliphatic heterocycles. The molecule has 7 rings (SSSR count). The molecule has 0 radical (unpaired) electrons. The number of piperidine rings is 1. The van der Waals surface area contributed by atoms with Crippen LogP contribution in [-0.4, -0.2) is 67.0 Å². The highest BCUT2D eigenvalue weighted by Gasteiger charge is 2.48. The van der Waals surface area contributed by atoms with Gasteiger partial charge in [0.15, 0.2) is 11.9 Å². The van der Waals surface area contributed by atoms with E-state index < -0.39 is 23.8 Å². The zero-order valence-corrected chi connectivity index (χ0v) is 22.5. The SMILES string of the molecule is COc1ncc(-c2ccc3ncc4[nH]c(=O)n(-c5ccc(C6CCN7C(=O)[C@@H](O)C(=O)C7C6)cc5)c4c3c2)cc1C. The molecule has 2 aliphatic rings. The predicted octanol–water partition coefficient (Wildman–Crippen LogP) is 3.26. The number of Topliss-reactive ketones (excluding diaryl/α,β-unsaturated/α-hetero) is 1. The summed E-state index contributed by atoms with van der Waals surface area (Å²) in [6, 6.07) is 15.1. The van der Waals surface area contributed by atoms with Gasteiger partial charge in [0, 0.05) is 29.3 Å². The second-order valence-corrected chi connectivity index (χ2v) is 10.7. The number of nitrogens with zero attached hydrogens (tertiary/aromatic N) is 4. The van der Waals surface area contributed by atoms with Crippen LogP contribution in [0.25, 0.3) is 38.8 Å². The van der Waals surface area contributed by atoms with Crippen LogP contribution in [0, 0.1) is 6.92 Å². The number of hydrogen-bond donors (Lipinski definition) is 2. The second-order valence-electron chi connectivity index (χ2n) is 10.7. The summed E-state index contributed by atoms with van der Waals surface area (Å²) in [6.45, 7) is 2.38. The Kier molecular flexibility index (Phi) is 5.75. The van der Waals surface area contributed by atoms with Gasteiger partial charge in [0.25, 0.3) is 5.91 Å². The predicted molar refractivity (Wildman–Crippen MR) is 152 cm³/mol. The summed E-state index contributed by atoms with van der Waals surface area (Å²) in [4.78, 5) is 51.2. The van der Waals surface area contributed by atoms with Gasteiger partial charge in [-0.2, -0.15) is 0 Å². The number of carbonyl (C=O) groups excluding carboxylic acids is 2. The number of benzene rings is 2. The molecule has 41 heavy (non-hydrogen) atoms.